The largest absolute Gasteiger partial charge is 0.361 e. The lowest BCUT2D eigenvalue weighted by Crippen LogP contribution is -2.26. The topological polar surface area (TPSA) is 44.9 Å². The molecule has 4 heteroatoms. The third kappa shape index (κ3) is 4.38. The van der Waals surface area contributed by atoms with Gasteiger partial charge in [0, 0.05) is 36.0 Å². The molecule has 2 aromatic carbocycles. The Hall–Kier alpha value is -2.62. The summed E-state index contributed by atoms with van der Waals surface area (Å²) >= 11 is 0. The maximum absolute atomic E-state index is 13.9. The quantitative estimate of drug-likeness (QED) is 0.522. The molecule has 1 atom stereocenters. The minimum absolute atomic E-state index is 0.00120. The molecule has 0 saturated carbocycles. The lowest BCUT2D eigenvalue weighted by molar-refractivity contribution is -0.121. The number of carbonyl (C=O) groups excluding carboxylic acids is 1. The number of amides is 1. The van der Waals surface area contributed by atoms with Crippen LogP contribution in [-0.4, -0.2) is 17.4 Å². The van der Waals surface area contributed by atoms with E-state index >= 15 is 0 Å². The molecule has 0 aliphatic rings. The molecule has 2 N–H and O–H groups in total. The predicted octanol–water partition coefficient (Wildman–Crippen LogP) is 5.31. The summed E-state index contributed by atoms with van der Waals surface area (Å²) in [7, 11) is 0. The second-order valence-electron chi connectivity index (χ2n) is 6.95. The second kappa shape index (κ2) is 8.85. The number of aryl methyl sites for hydroxylation is 1. The number of hydrogen-bond donors (Lipinski definition) is 2. The van der Waals surface area contributed by atoms with Crippen molar-refractivity contribution in [1.29, 1.82) is 0 Å². The number of rotatable bonds is 8. The van der Waals surface area contributed by atoms with Crippen LogP contribution in [0.15, 0.2) is 48.7 Å². The number of carbonyl (C=O) groups is 1. The lowest BCUT2D eigenvalue weighted by atomic mass is 9.87. The number of unbranched alkanes of at least 4 members (excludes halogenated alkanes) is 1. The van der Waals surface area contributed by atoms with Crippen LogP contribution in [0.4, 0.5) is 4.39 Å². The first kappa shape index (κ1) is 19.2. The number of hydrogen-bond acceptors (Lipinski definition) is 1. The van der Waals surface area contributed by atoms with Crippen LogP contribution in [0.1, 0.15) is 55.7 Å². The van der Waals surface area contributed by atoms with Gasteiger partial charge in [-0.15, -0.1) is 0 Å². The molecule has 0 spiro atoms. The number of aromatic amines is 1. The average molecular weight is 366 g/mol. The number of para-hydroxylation sites is 1. The van der Waals surface area contributed by atoms with Crippen molar-refractivity contribution in [2.24, 2.45) is 0 Å². The molecule has 3 aromatic rings. The van der Waals surface area contributed by atoms with Gasteiger partial charge in [-0.25, -0.2) is 4.39 Å². The Balaban J connectivity index is 1.98. The molecular weight excluding hydrogens is 339 g/mol. The highest BCUT2D eigenvalue weighted by Gasteiger charge is 2.22. The molecule has 0 aliphatic carbocycles. The molecule has 1 aromatic heterocycles. The van der Waals surface area contributed by atoms with Crippen molar-refractivity contribution < 1.29 is 9.18 Å². The molecule has 0 unspecified atom stereocenters. The van der Waals surface area contributed by atoms with Crippen LogP contribution >= 0.6 is 0 Å². The van der Waals surface area contributed by atoms with Crippen LogP contribution in [-0.2, 0) is 11.2 Å². The molecular formula is C23H27FN2O. The van der Waals surface area contributed by atoms with E-state index in [2.05, 4.69) is 36.3 Å². The van der Waals surface area contributed by atoms with Crippen molar-refractivity contribution in [3.05, 3.63) is 71.2 Å². The van der Waals surface area contributed by atoms with E-state index in [9.17, 15) is 9.18 Å². The van der Waals surface area contributed by atoms with Crippen LogP contribution in [0.2, 0.25) is 0 Å². The molecule has 1 heterocycles. The van der Waals surface area contributed by atoms with Crippen molar-refractivity contribution in [2.45, 2.75) is 45.4 Å². The maximum Gasteiger partial charge on any atom is 0.220 e. The van der Waals surface area contributed by atoms with Gasteiger partial charge in [-0.05, 0) is 41.7 Å². The van der Waals surface area contributed by atoms with E-state index in [0.717, 1.165) is 41.3 Å². The standard InChI is InChI=1S/C23H27FN2O/c1-3-5-12-25-22(27)14-20(17-9-6-10-18(24)13-17)21-15-26-23-16(4-2)8-7-11-19(21)23/h6-11,13,15,20,26H,3-5,12,14H2,1-2H3,(H,25,27)/t20-/m0/s1. The summed E-state index contributed by atoms with van der Waals surface area (Å²) in [6.45, 7) is 4.90. The number of aromatic nitrogens is 1. The summed E-state index contributed by atoms with van der Waals surface area (Å²) in [5, 5.41) is 4.09. The summed E-state index contributed by atoms with van der Waals surface area (Å²) in [6, 6.07) is 12.8. The highest BCUT2D eigenvalue weighted by molar-refractivity contribution is 5.88. The van der Waals surface area contributed by atoms with Crippen molar-refractivity contribution in [2.75, 3.05) is 6.54 Å². The minimum atomic E-state index is -0.280. The van der Waals surface area contributed by atoms with Crippen LogP contribution < -0.4 is 5.32 Å². The van der Waals surface area contributed by atoms with Gasteiger partial charge in [0.15, 0.2) is 0 Å². The summed E-state index contributed by atoms with van der Waals surface area (Å²) in [6.07, 6.45) is 5.20. The Kier molecular flexibility index (Phi) is 6.28. The van der Waals surface area contributed by atoms with Gasteiger partial charge in [0.2, 0.25) is 5.91 Å². The average Bonchev–Trinajstić information content (AvgIpc) is 3.10. The summed E-state index contributed by atoms with van der Waals surface area (Å²) < 4.78 is 13.9. The SMILES string of the molecule is CCCCNC(=O)C[C@@H](c1cccc(F)c1)c1c[nH]c2c(CC)cccc12. The fourth-order valence-corrected chi connectivity index (χ4v) is 3.61. The van der Waals surface area contributed by atoms with Gasteiger partial charge in [-0.3, -0.25) is 4.79 Å². The first-order valence-corrected chi connectivity index (χ1v) is 9.75. The van der Waals surface area contributed by atoms with Gasteiger partial charge in [0.05, 0.1) is 0 Å². The third-order valence-electron chi connectivity index (χ3n) is 5.08. The molecule has 0 aliphatic heterocycles. The number of fused-ring (bicyclic) bond motifs is 1. The number of benzene rings is 2. The van der Waals surface area contributed by atoms with Crippen LogP contribution in [0, 0.1) is 5.82 Å². The summed E-state index contributed by atoms with van der Waals surface area (Å²) in [5.41, 5.74) is 4.20. The molecule has 0 saturated heterocycles. The fraction of sp³-hybridized carbons (Fsp3) is 0.348. The van der Waals surface area contributed by atoms with E-state index in [-0.39, 0.29) is 17.6 Å². The smallest absolute Gasteiger partial charge is 0.220 e. The van der Waals surface area contributed by atoms with Gasteiger partial charge >= 0.3 is 0 Å². The third-order valence-corrected chi connectivity index (χ3v) is 5.08. The Morgan fingerprint density at radius 1 is 1.19 bits per heavy atom. The van der Waals surface area contributed by atoms with Crippen molar-refractivity contribution in [3.63, 3.8) is 0 Å². The first-order chi connectivity index (χ1) is 13.1. The summed E-state index contributed by atoms with van der Waals surface area (Å²) in [4.78, 5) is 15.9. The van der Waals surface area contributed by atoms with Gasteiger partial charge < -0.3 is 10.3 Å². The van der Waals surface area contributed by atoms with Gasteiger partial charge in [0.25, 0.3) is 0 Å². The Morgan fingerprint density at radius 2 is 2.00 bits per heavy atom. The number of nitrogens with one attached hydrogen (secondary N) is 2. The van der Waals surface area contributed by atoms with Crippen LogP contribution in [0.25, 0.3) is 10.9 Å². The molecule has 0 fully saturated rings. The zero-order valence-corrected chi connectivity index (χ0v) is 16.0. The minimum Gasteiger partial charge on any atom is -0.361 e. The molecule has 27 heavy (non-hydrogen) atoms. The lowest BCUT2D eigenvalue weighted by Gasteiger charge is -2.17. The van der Waals surface area contributed by atoms with Gasteiger partial charge in [-0.2, -0.15) is 0 Å². The Bertz CT molecular complexity index is 916. The van der Waals surface area contributed by atoms with E-state index in [0.29, 0.717) is 13.0 Å². The van der Waals surface area contributed by atoms with Crippen molar-refractivity contribution in [1.82, 2.24) is 10.3 Å². The van der Waals surface area contributed by atoms with E-state index in [1.807, 2.05) is 18.3 Å². The number of H-pyrrole nitrogens is 1. The molecule has 0 radical (unpaired) electrons. The first-order valence-electron chi connectivity index (χ1n) is 9.75. The van der Waals surface area contributed by atoms with Crippen molar-refractivity contribution >= 4 is 16.8 Å². The Morgan fingerprint density at radius 3 is 2.74 bits per heavy atom. The predicted molar refractivity (Wildman–Crippen MR) is 108 cm³/mol. The van der Waals surface area contributed by atoms with E-state index < -0.39 is 0 Å². The van der Waals surface area contributed by atoms with Gasteiger partial charge in [-0.1, -0.05) is 50.6 Å². The van der Waals surface area contributed by atoms with E-state index in [1.165, 1.54) is 17.7 Å². The van der Waals surface area contributed by atoms with Crippen molar-refractivity contribution in [3.8, 4) is 0 Å². The highest BCUT2D eigenvalue weighted by atomic mass is 19.1. The van der Waals surface area contributed by atoms with Crippen LogP contribution in [0.3, 0.4) is 0 Å². The molecule has 3 rings (SSSR count). The summed E-state index contributed by atoms with van der Waals surface area (Å²) in [5.74, 6) is -0.472. The molecule has 0 bridgehead atoms. The Labute approximate surface area is 160 Å². The second-order valence-corrected chi connectivity index (χ2v) is 6.95. The monoisotopic (exact) mass is 366 g/mol. The van der Waals surface area contributed by atoms with Gasteiger partial charge in [0.1, 0.15) is 5.82 Å². The zero-order valence-electron chi connectivity index (χ0n) is 16.0. The van der Waals surface area contributed by atoms with E-state index in [1.54, 1.807) is 6.07 Å². The molecule has 142 valence electrons. The number of halogens is 1. The fourth-order valence-electron chi connectivity index (χ4n) is 3.61. The zero-order chi connectivity index (χ0) is 19.2. The molecule has 1 amide bonds. The van der Waals surface area contributed by atoms with Crippen LogP contribution in [0.5, 0.6) is 0 Å². The maximum atomic E-state index is 13.9. The van der Waals surface area contributed by atoms with E-state index in [4.69, 9.17) is 0 Å². The molecule has 3 nitrogen and oxygen atoms in total. The highest BCUT2D eigenvalue weighted by Crippen LogP contribution is 2.34. The normalized spacial score (nSPS) is 12.3.